The highest BCUT2D eigenvalue weighted by molar-refractivity contribution is 5.49. The minimum absolute atomic E-state index is 0.128. The van der Waals surface area contributed by atoms with E-state index in [-0.39, 0.29) is 6.61 Å². The van der Waals surface area contributed by atoms with Crippen molar-refractivity contribution in [3.63, 3.8) is 0 Å². The van der Waals surface area contributed by atoms with Crippen LogP contribution in [0.4, 0.5) is 5.69 Å². The van der Waals surface area contributed by atoms with Crippen LogP contribution in [-0.2, 0) is 0 Å². The van der Waals surface area contributed by atoms with Gasteiger partial charge in [0.2, 0.25) is 0 Å². The fourth-order valence-electron chi connectivity index (χ4n) is 1.06. The average Bonchev–Trinajstić information content (AvgIpc) is 2.19. The zero-order chi connectivity index (χ0) is 10.4. The quantitative estimate of drug-likeness (QED) is 0.712. The lowest BCUT2D eigenvalue weighted by Crippen LogP contribution is -2.07. The Hall–Kier alpha value is -1.46. The van der Waals surface area contributed by atoms with Crippen molar-refractivity contribution >= 4 is 5.69 Å². The van der Waals surface area contributed by atoms with Crippen LogP contribution in [0.1, 0.15) is 12.0 Å². The fourth-order valence-corrected chi connectivity index (χ4v) is 1.06. The molecule has 1 N–H and O–H groups in total. The van der Waals surface area contributed by atoms with Crippen molar-refractivity contribution in [3.8, 4) is 11.8 Å². The maximum Gasteiger partial charge on any atom is 0.0540 e. The Labute approximate surface area is 85.2 Å². The van der Waals surface area contributed by atoms with Crippen molar-refractivity contribution in [2.45, 2.75) is 6.42 Å². The molecule has 0 fully saturated rings. The number of hydrogen-bond acceptors (Lipinski definition) is 2. The number of anilines is 1. The van der Waals surface area contributed by atoms with Gasteiger partial charge in [0.25, 0.3) is 0 Å². The van der Waals surface area contributed by atoms with Gasteiger partial charge in [-0.1, -0.05) is 11.8 Å². The second kappa shape index (κ2) is 5.31. The van der Waals surface area contributed by atoms with Gasteiger partial charge in [-0.15, -0.1) is 0 Å². The molecule has 1 aromatic carbocycles. The highest BCUT2D eigenvalue weighted by Gasteiger charge is 1.92. The van der Waals surface area contributed by atoms with Crippen molar-refractivity contribution in [1.29, 1.82) is 0 Å². The molecule has 0 atom stereocenters. The third-order valence-electron chi connectivity index (χ3n) is 1.85. The first-order valence-electron chi connectivity index (χ1n) is 4.61. The number of rotatable bonds is 2. The van der Waals surface area contributed by atoms with Gasteiger partial charge in [0.1, 0.15) is 0 Å². The molecule has 0 spiro atoms. The SMILES string of the molecule is CN(C)c1ccc(C#CCCO)cc1. The van der Waals surface area contributed by atoms with Crippen molar-refractivity contribution in [1.82, 2.24) is 0 Å². The monoisotopic (exact) mass is 189 g/mol. The fraction of sp³-hybridized carbons (Fsp3) is 0.333. The Morgan fingerprint density at radius 1 is 1.21 bits per heavy atom. The maximum absolute atomic E-state index is 8.55. The van der Waals surface area contributed by atoms with E-state index in [4.69, 9.17) is 5.11 Å². The Morgan fingerprint density at radius 2 is 1.86 bits per heavy atom. The van der Waals surface area contributed by atoms with Crippen molar-refractivity contribution < 1.29 is 5.11 Å². The van der Waals surface area contributed by atoms with Gasteiger partial charge in [-0.3, -0.25) is 0 Å². The van der Waals surface area contributed by atoms with E-state index in [1.807, 2.05) is 43.3 Å². The lowest BCUT2D eigenvalue weighted by Gasteiger charge is -2.11. The van der Waals surface area contributed by atoms with Crippen LogP contribution >= 0.6 is 0 Å². The first-order valence-corrected chi connectivity index (χ1v) is 4.61. The molecule has 0 bridgehead atoms. The number of aliphatic hydroxyl groups excluding tert-OH is 1. The summed E-state index contributed by atoms with van der Waals surface area (Å²) in [5, 5.41) is 8.55. The number of hydrogen-bond donors (Lipinski definition) is 1. The molecule has 2 heteroatoms. The molecule has 0 aliphatic carbocycles. The van der Waals surface area contributed by atoms with Crippen LogP contribution in [-0.4, -0.2) is 25.8 Å². The smallest absolute Gasteiger partial charge is 0.0540 e. The van der Waals surface area contributed by atoms with Gasteiger partial charge in [-0.05, 0) is 24.3 Å². The molecule has 14 heavy (non-hydrogen) atoms. The van der Waals surface area contributed by atoms with Gasteiger partial charge in [0.05, 0.1) is 6.61 Å². The molecule has 1 rings (SSSR count). The summed E-state index contributed by atoms with van der Waals surface area (Å²) in [6, 6.07) is 8.03. The second-order valence-electron chi connectivity index (χ2n) is 3.22. The van der Waals surface area contributed by atoms with Crippen molar-refractivity contribution in [3.05, 3.63) is 29.8 Å². The number of aliphatic hydroxyl groups is 1. The zero-order valence-electron chi connectivity index (χ0n) is 8.62. The van der Waals surface area contributed by atoms with Gasteiger partial charge < -0.3 is 10.0 Å². The van der Waals surface area contributed by atoms with Gasteiger partial charge in [-0.25, -0.2) is 0 Å². The summed E-state index contributed by atoms with van der Waals surface area (Å²) in [4.78, 5) is 2.05. The maximum atomic E-state index is 8.55. The Morgan fingerprint density at radius 3 is 2.36 bits per heavy atom. The lowest BCUT2D eigenvalue weighted by atomic mass is 10.2. The molecule has 2 nitrogen and oxygen atoms in total. The van der Waals surface area contributed by atoms with E-state index in [2.05, 4.69) is 11.8 Å². The second-order valence-corrected chi connectivity index (χ2v) is 3.22. The third-order valence-corrected chi connectivity index (χ3v) is 1.85. The van der Waals surface area contributed by atoms with Crippen LogP contribution in [0, 0.1) is 11.8 Å². The molecule has 1 aromatic rings. The molecule has 0 radical (unpaired) electrons. The molecule has 0 saturated heterocycles. The number of benzene rings is 1. The lowest BCUT2D eigenvalue weighted by molar-refractivity contribution is 0.305. The highest BCUT2D eigenvalue weighted by atomic mass is 16.2. The van der Waals surface area contributed by atoms with Crippen LogP contribution in [0.5, 0.6) is 0 Å². The summed E-state index contributed by atoms with van der Waals surface area (Å²) in [6.07, 6.45) is 0.537. The molecule has 0 unspecified atom stereocenters. The minimum Gasteiger partial charge on any atom is -0.395 e. The van der Waals surface area contributed by atoms with Crippen molar-refractivity contribution in [2.24, 2.45) is 0 Å². The van der Waals surface area contributed by atoms with Gasteiger partial charge >= 0.3 is 0 Å². The summed E-state index contributed by atoms with van der Waals surface area (Å²) < 4.78 is 0. The minimum atomic E-state index is 0.128. The molecule has 0 amide bonds. The Bertz CT molecular complexity index is 330. The van der Waals surface area contributed by atoms with Gasteiger partial charge in [0.15, 0.2) is 0 Å². The molecule has 74 valence electrons. The Kier molecular flexibility index (Phi) is 4.03. The summed E-state index contributed by atoms with van der Waals surface area (Å²) in [5.74, 6) is 5.87. The van der Waals surface area contributed by atoms with Crippen molar-refractivity contribution in [2.75, 3.05) is 25.6 Å². The summed E-state index contributed by atoms with van der Waals surface area (Å²) in [6.45, 7) is 0.128. The molecular weight excluding hydrogens is 174 g/mol. The number of nitrogens with zero attached hydrogens (tertiary/aromatic N) is 1. The molecule has 0 aliphatic heterocycles. The molecule has 0 aromatic heterocycles. The topological polar surface area (TPSA) is 23.5 Å². The average molecular weight is 189 g/mol. The van der Waals surface area contributed by atoms with E-state index in [0.717, 1.165) is 11.3 Å². The van der Waals surface area contributed by atoms with E-state index in [1.54, 1.807) is 0 Å². The van der Waals surface area contributed by atoms with Crippen LogP contribution in [0.3, 0.4) is 0 Å². The third kappa shape index (κ3) is 3.12. The van der Waals surface area contributed by atoms with Crippen LogP contribution in [0.15, 0.2) is 24.3 Å². The largest absolute Gasteiger partial charge is 0.395 e. The van der Waals surface area contributed by atoms with Gasteiger partial charge in [-0.2, -0.15) is 0 Å². The normalized spacial score (nSPS) is 9.07. The Balaban J connectivity index is 2.70. The van der Waals surface area contributed by atoms with Crippen LogP contribution in [0.2, 0.25) is 0 Å². The zero-order valence-corrected chi connectivity index (χ0v) is 8.62. The predicted molar refractivity (Wildman–Crippen MR) is 59.3 cm³/mol. The van der Waals surface area contributed by atoms with E-state index < -0.39 is 0 Å². The van der Waals surface area contributed by atoms with Crippen LogP contribution < -0.4 is 4.90 Å². The van der Waals surface area contributed by atoms with E-state index in [1.165, 1.54) is 0 Å². The predicted octanol–water partition coefficient (Wildman–Crippen LogP) is 1.49. The first-order chi connectivity index (χ1) is 6.74. The standard InChI is InChI=1S/C12H15NO/c1-13(2)12-8-6-11(7-9-12)5-3-4-10-14/h6-9,14H,4,10H2,1-2H3. The van der Waals surface area contributed by atoms with Crippen LogP contribution in [0.25, 0.3) is 0 Å². The summed E-state index contributed by atoms with van der Waals surface area (Å²) in [7, 11) is 4.01. The highest BCUT2D eigenvalue weighted by Crippen LogP contribution is 2.11. The molecular formula is C12H15NO. The van der Waals surface area contributed by atoms with E-state index >= 15 is 0 Å². The van der Waals surface area contributed by atoms with E-state index in [0.29, 0.717) is 6.42 Å². The summed E-state index contributed by atoms with van der Waals surface area (Å²) >= 11 is 0. The molecule has 0 saturated carbocycles. The van der Waals surface area contributed by atoms with E-state index in [9.17, 15) is 0 Å². The van der Waals surface area contributed by atoms with Gasteiger partial charge in [0, 0.05) is 31.8 Å². The molecule has 0 aliphatic rings. The molecule has 0 heterocycles. The summed E-state index contributed by atoms with van der Waals surface area (Å²) in [5.41, 5.74) is 2.15. The first kappa shape index (κ1) is 10.6.